The van der Waals surface area contributed by atoms with Crippen molar-refractivity contribution in [2.45, 2.75) is 6.92 Å². The maximum atomic E-state index is 14.1. The molecule has 114 valence electrons. The van der Waals surface area contributed by atoms with Crippen LogP contribution in [0.15, 0.2) is 51.9 Å². The molecule has 1 N–H and O–H groups in total. The summed E-state index contributed by atoms with van der Waals surface area (Å²) in [4.78, 5) is 16.7. The quantitative estimate of drug-likeness (QED) is 0.548. The van der Waals surface area contributed by atoms with Crippen molar-refractivity contribution in [3.8, 4) is 5.69 Å². The van der Waals surface area contributed by atoms with Gasteiger partial charge in [0.15, 0.2) is 5.82 Å². The highest BCUT2D eigenvalue weighted by Crippen LogP contribution is 2.26. The van der Waals surface area contributed by atoms with E-state index in [1.807, 2.05) is 31.2 Å². The molecule has 4 nitrogen and oxygen atoms in total. The van der Waals surface area contributed by atoms with Crippen LogP contribution in [0.2, 0.25) is 0 Å². The lowest BCUT2D eigenvalue weighted by atomic mass is 10.1. The zero-order valence-corrected chi connectivity index (χ0v) is 13.7. The second kappa shape index (κ2) is 5.03. The molecule has 0 aliphatic rings. The minimum Gasteiger partial charge on any atom is -0.290 e. The monoisotopic (exact) mass is 371 g/mol. The lowest BCUT2D eigenvalue weighted by molar-refractivity contribution is 0.636. The maximum absolute atomic E-state index is 14.1. The molecule has 0 amide bonds. The van der Waals surface area contributed by atoms with Crippen LogP contribution in [0.1, 0.15) is 5.56 Å². The van der Waals surface area contributed by atoms with E-state index in [1.54, 1.807) is 6.07 Å². The minimum absolute atomic E-state index is 0.210. The summed E-state index contributed by atoms with van der Waals surface area (Å²) in [6.07, 6.45) is 1.41. The number of aromatic nitrogens is 3. The number of hydrogen-bond donors (Lipinski definition) is 1. The summed E-state index contributed by atoms with van der Waals surface area (Å²) in [5, 5.41) is 4.07. The Kier molecular flexibility index (Phi) is 3.09. The van der Waals surface area contributed by atoms with Gasteiger partial charge in [0.2, 0.25) is 0 Å². The van der Waals surface area contributed by atoms with E-state index in [1.165, 1.54) is 16.9 Å². The van der Waals surface area contributed by atoms with Crippen molar-refractivity contribution in [2.75, 3.05) is 0 Å². The highest BCUT2D eigenvalue weighted by Gasteiger charge is 2.14. The summed E-state index contributed by atoms with van der Waals surface area (Å²) in [6.45, 7) is 1.98. The van der Waals surface area contributed by atoms with E-state index in [0.29, 0.717) is 20.8 Å². The van der Waals surface area contributed by atoms with Crippen LogP contribution in [0, 0.1) is 12.7 Å². The molecule has 0 saturated heterocycles. The van der Waals surface area contributed by atoms with Crippen molar-refractivity contribution in [1.82, 2.24) is 14.8 Å². The molecule has 4 aromatic rings. The number of fused-ring (bicyclic) bond motifs is 3. The highest BCUT2D eigenvalue weighted by atomic mass is 79.9. The molecule has 2 aromatic carbocycles. The van der Waals surface area contributed by atoms with Gasteiger partial charge in [0.25, 0.3) is 5.56 Å². The first-order valence-electron chi connectivity index (χ1n) is 7.00. The molecule has 23 heavy (non-hydrogen) atoms. The first kappa shape index (κ1) is 14.1. The SMILES string of the molecule is Cc1ccc(-n2[nH]c3c(cnc4c(F)cc(Br)cc43)c2=O)cc1. The van der Waals surface area contributed by atoms with Crippen LogP contribution in [0.4, 0.5) is 4.39 Å². The number of H-pyrrole nitrogens is 1. The molecule has 2 aromatic heterocycles. The Hall–Kier alpha value is -2.47. The van der Waals surface area contributed by atoms with Gasteiger partial charge in [-0.2, -0.15) is 0 Å². The van der Waals surface area contributed by atoms with Crippen molar-refractivity contribution >= 4 is 37.7 Å². The largest absolute Gasteiger partial charge is 0.290 e. The Balaban J connectivity index is 2.09. The fourth-order valence-electron chi connectivity index (χ4n) is 2.67. The number of aromatic amines is 1. The topological polar surface area (TPSA) is 50.7 Å². The summed E-state index contributed by atoms with van der Waals surface area (Å²) in [7, 11) is 0. The number of nitrogens with zero attached hydrogens (tertiary/aromatic N) is 2. The first-order valence-corrected chi connectivity index (χ1v) is 7.79. The third-order valence-electron chi connectivity index (χ3n) is 3.84. The van der Waals surface area contributed by atoms with Crippen LogP contribution in [0.3, 0.4) is 0 Å². The van der Waals surface area contributed by atoms with Crippen molar-refractivity contribution in [3.63, 3.8) is 0 Å². The van der Waals surface area contributed by atoms with Crippen LogP contribution < -0.4 is 5.56 Å². The van der Waals surface area contributed by atoms with Crippen LogP contribution in [-0.2, 0) is 0 Å². The lowest BCUT2D eigenvalue weighted by Crippen LogP contribution is -2.14. The zero-order valence-electron chi connectivity index (χ0n) is 12.1. The third kappa shape index (κ3) is 2.17. The number of halogens is 2. The van der Waals surface area contributed by atoms with Gasteiger partial charge < -0.3 is 0 Å². The molecule has 2 heterocycles. The van der Waals surface area contributed by atoms with Gasteiger partial charge in [-0.3, -0.25) is 14.9 Å². The molecule has 0 saturated carbocycles. The Morgan fingerprint density at radius 3 is 2.65 bits per heavy atom. The molecule has 0 atom stereocenters. The van der Waals surface area contributed by atoms with Crippen molar-refractivity contribution in [2.24, 2.45) is 0 Å². The van der Waals surface area contributed by atoms with Crippen LogP contribution in [-0.4, -0.2) is 14.8 Å². The molecule has 0 fully saturated rings. The van der Waals surface area contributed by atoms with Gasteiger partial charge in [0.1, 0.15) is 5.52 Å². The van der Waals surface area contributed by atoms with Crippen LogP contribution in [0.5, 0.6) is 0 Å². The molecular formula is C17H11BrFN3O. The average molecular weight is 372 g/mol. The van der Waals surface area contributed by atoms with E-state index in [9.17, 15) is 9.18 Å². The first-order chi connectivity index (χ1) is 11.0. The number of nitrogens with one attached hydrogen (secondary N) is 1. The highest BCUT2D eigenvalue weighted by molar-refractivity contribution is 9.10. The summed E-state index contributed by atoms with van der Waals surface area (Å²) in [5.74, 6) is -0.430. The zero-order chi connectivity index (χ0) is 16.1. The second-order valence-electron chi connectivity index (χ2n) is 5.42. The number of hydrogen-bond acceptors (Lipinski definition) is 2. The molecule has 0 aliphatic carbocycles. The predicted octanol–water partition coefficient (Wildman–Crippen LogP) is 4.08. The molecule has 4 rings (SSSR count). The molecular weight excluding hydrogens is 361 g/mol. The molecule has 0 aliphatic heterocycles. The molecule has 0 spiro atoms. The molecule has 0 radical (unpaired) electrons. The van der Waals surface area contributed by atoms with Crippen molar-refractivity contribution in [3.05, 3.63) is 68.8 Å². The van der Waals surface area contributed by atoms with Gasteiger partial charge in [-0.25, -0.2) is 9.07 Å². The average Bonchev–Trinajstić information content (AvgIpc) is 2.86. The molecule has 0 bridgehead atoms. The van der Waals surface area contributed by atoms with E-state index in [2.05, 4.69) is 26.0 Å². The van der Waals surface area contributed by atoms with E-state index < -0.39 is 5.82 Å². The van der Waals surface area contributed by atoms with Crippen LogP contribution in [0.25, 0.3) is 27.5 Å². The van der Waals surface area contributed by atoms with Gasteiger partial charge in [-0.05, 0) is 31.2 Å². The number of pyridine rings is 1. The minimum atomic E-state index is -0.430. The maximum Gasteiger partial charge on any atom is 0.280 e. The number of rotatable bonds is 1. The normalized spacial score (nSPS) is 11.4. The predicted molar refractivity (Wildman–Crippen MR) is 91.6 cm³/mol. The second-order valence-corrected chi connectivity index (χ2v) is 6.33. The van der Waals surface area contributed by atoms with Gasteiger partial charge in [0.05, 0.1) is 16.6 Å². The summed E-state index contributed by atoms with van der Waals surface area (Å²) >= 11 is 3.28. The molecule has 6 heteroatoms. The smallest absolute Gasteiger partial charge is 0.280 e. The third-order valence-corrected chi connectivity index (χ3v) is 4.30. The summed E-state index contributed by atoms with van der Waals surface area (Å²) in [5.41, 5.74) is 2.42. The molecule has 0 unspecified atom stereocenters. The van der Waals surface area contributed by atoms with Crippen LogP contribution >= 0.6 is 15.9 Å². The van der Waals surface area contributed by atoms with E-state index in [0.717, 1.165) is 11.3 Å². The fourth-order valence-corrected chi connectivity index (χ4v) is 3.10. The van der Waals surface area contributed by atoms with Gasteiger partial charge >= 0.3 is 0 Å². The van der Waals surface area contributed by atoms with Gasteiger partial charge in [-0.1, -0.05) is 33.6 Å². The Morgan fingerprint density at radius 2 is 1.91 bits per heavy atom. The van der Waals surface area contributed by atoms with E-state index in [-0.39, 0.29) is 11.1 Å². The van der Waals surface area contributed by atoms with E-state index >= 15 is 0 Å². The number of aryl methyl sites for hydroxylation is 1. The van der Waals surface area contributed by atoms with Crippen molar-refractivity contribution in [1.29, 1.82) is 0 Å². The lowest BCUT2D eigenvalue weighted by Gasteiger charge is -2.02. The summed E-state index contributed by atoms with van der Waals surface area (Å²) in [6, 6.07) is 10.7. The Labute approximate surface area is 138 Å². The van der Waals surface area contributed by atoms with Crippen molar-refractivity contribution < 1.29 is 4.39 Å². The Morgan fingerprint density at radius 1 is 1.17 bits per heavy atom. The fraction of sp³-hybridized carbons (Fsp3) is 0.0588. The number of benzene rings is 2. The van der Waals surface area contributed by atoms with Gasteiger partial charge in [-0.15, -0.1) is 0 Å². The van der Waals surface area contributed by atoms with Gasteiger partial charge in [0, 0.05) is 16.1 Å². The van der Waals surface area contributed by atoms with E-state index in [4.69, 9.17) is 0 Å². The summed E-state index contributed by atoms with van der Waals surface area (Å²) < 4.78 is 16.1. The standard InChI is InChI=1S/C17H11BrFN3O/c1-9-2-4-11(5-3-9)22-17(23)13-8-20-16-12(15(13)21-22)6-10(18)7-14(16)19/h2-8,21H,1H3. The Bertz CT molecular complexity index is 1110.